The molecule has 0 unspecified atom stereocenters. The maximum absolute atomic E-state index is 11.1. The van der Waals surface area contributed by atoms with Crippen LogP contribution in [0.5, 0.6) is 0 Å². The Kier molecular flexibility index (Phi) is 4.03. The first-order chi connectivity index (χ1) is 12.2. The number of nitrogens with zero attached hydrogens (tertiary/aromatic N) is 2. The number of carbonyl (C=O) groups is 1. The highest BCUT2D eigenvalue weighted by Gasteiger charge is 2.20. The zero-order valence-corrected chi connectivity index (χ0v) is 13.8. The quantitative estimate of drug-likeness (QED) is 0.746. The van der Waals surface area contributed by atoms with Crippen LogP contribution in [-0.2, 0) is 24.1 Å². The highest BCUT2D eigenvalue weighted by molar-refractivity contribution is 5.71. The molecule has 0 spiro atoms. The van der Waals surface area contributed by atoms with Gasteiger partial charge in [0.2, 0.25) is 5.89 Å². The summed E-state index contributed by atoms with van der Waals surface area (Å²) in [6, 6.07) is 9.84. The van der Waals surface area contributed by atoms with Crippen LogP contribution >= 0.6 is 0 Å². The van der Waals surface area contributed by atoms with Crippen molar-refractivity contribution >= 4 is 17.3 Å². The van der Waals surface area contributed by atoms with Crippen molar-refractivity contribution in [2.45, 2.75) is 25.7 Å². The van der Waals surface area contributed by atoms with Gasteiger partial charge >= 0.3 is 5.91 Å². The second kappa shape index (κ2) is 6.49. The Balaban J connectivity index is 1.64. The third-order valence-corrected chi connectivity index (χ3v) is 4.34. The number of pyridine rings is 1. The smallest absolute Gasteiger partial charge is 0.313 e. The standard InChI is InChI=1S/C19H18N4O2/c20-18(24)10-12-4-6-13(7-5-12)22-16-11-17(19-21-8-9-25-19)23-15-3-1-2-14(15)16/h4-9,11H,1-3,10H2,(H2,20,24)(H,22,23)/p+1. The van der Waals surface area contributed by atoms with Crippen LogP contribution in [0.1, 0.15) is 23.2 Å². The Morgan fingerprint density at radius 3 is 2.80 bits per heavy atom. The number of benzene rings is 1. The Hall–Kier alpha value is -2.99. The van der Waals surface area contributed by atoms with Crippen molar-refractivity contribution in [1.29, 1.82) is 0 Å². The zero-order chi connectivity index (χ0) is 17.2. The molecule has 3 aromatic rings. The summed E-state index contributed by atoms with van der Waals surface area (Å²) in [5.41, 5.74) is 9.50. The molecule has 4 rings (SSSR count). The van der Waals surface area contributed by atoms with E-state index in [-0.39, 0.29) is 5.91 Å². The molecule has 1 aliphatic carbocycles. The van der Waals surface area contributed by atoms with Crippen molar-refractivity contribution in [3.05, 3.63) is 59.6 Å². The van der Waals surface area contributed by atoms with Gasteiger partial charge in [-0.25, -0.2) is 14.8 Å². The van der Waals surface area contributed by atoms with Crippen molar-refractivity contribution in [2.24, 2.45) is 0 Å². The SMILES string of the molecule is [NH3+]C(=O)Cc1ccc(Nc2cc(-c3ncco3)nc3c2CCC3)cc1. The van der Waals surface area contributed by atoms with Crippen LogP contribution in [0.15, 0.2) is 47.2 Å². The van der Waals surface area contributed by atoms with Gasteiger partial charge in [-0.1, -0.05) is 12.1 Å². The fourth-order valence-electron chi connectivity index (χ4n) is 3.20. The molecule has 25 heavy (non-hydrogen) atoms. The number of rotatable bonds is 5. The first-order valence-corrected chi connectivity index (χ1v) is 8.32. The fraction of sp³-hybridized carbons (Fsp3) is 0.211. The Bertz CT molecular complexity index is 902. The van der Waals surface area contributed by atoms with Gasteiger partial charge in [0.05, 0.1) is 12.6 Å². The number of oxazole rings is 1. The number of aromatic nitrogens is 2. The van der Waals surface area contributed by atoms with Gasteiger partial charge in [0, 0.05) is 17.1 Å². The lowest BCUT2D eigenvalue weighted by molar-refractivity contribution is -0.304. The lowest BCUT2D eigenvalue weighted by atomic mass is 10.1. The van der Waals surface area contributed by atoms with Gasteiger partial charge in [0.1, 0.15) is 12.0 Å². The summed E-state index contributed by atoms with van der Waals surface area (Å²) >= 11 is 0. The van der Waals surface area contributed by atoms with Crippen molar-refractivity contribution < 1.29 is 14.9 Å². The normalized spacial score (nSPS) is 12.8. The van der Waals surface area contributed by atoms with Crippen LogP contribution in [0, 0.1) is 0 Å². The molecular formula is C19H19N4O2+. The van der Waals surface area contributed by atoms with Crippen molar-refractivity contribution in [3.8, 4) is 11.6 Å². The summed E-state index contributed by atoms with van der Waals surface area (Å²) in [6.45, 7) is 0. The van der Waals surface area contributed by atoms with Crippen molar-refractivity contribution in [3.63, 3.8) is 0 Å². The highest BCUT2D eigenvalue weighted by atomic mass is 16.3. The van der Waals surface area contributed by atoms with E-state index in [1.165, 1.54) is 5.56 Å². The molecule has 6 heteroatoms. The molecule has 0 fully saturated rings. The molecular weight excluding hydrogens is 316 g/mol. The molecule has 4 N–H and O–H groups in total. The number of anilines is 2. The minimum Gasteiger partial charge on any atom is -0.443 e. The van der Waals surface area contributed by atoms with Gasteiger partial charge in [0.15, 0.2) is 0 Å². The number of nitrogens with one attached hydrogen (secondary N) is 1. The second-order valence-corrected chi connectivity index (χ2v) is 6.21. The zero-order valence-electron chi connectivity index (χ0n) is 13.8. The molecule has 2 aromatic heterocycles. The van der Waals surface area contributed by atoms with E-state index in [0.717, 1.165) is 47.6 Å². The van der Waals surface area contributed by atoms with Gasteiger partial charge in [0.25, 0.3) is 0 Å². The third kappa shape index (κ3) is 3.29. The molecule has 1 amide bonds. The molecule has 0 saturated carbocycles. The minimum atomic E-state index is -0.0803. The molecule has 0 atom stereocenters. The van der Waals surface area contributed by atoms with Crippen molar-refractivity contribution in [1.82, 2.24) is 9.97 Å². The molecule has 1 aliphatic rings. The summed E-state index contributed by atoms with van der Waals surface area (Å²) in [4.78, 5) is 20.0. The average molecular weight is 335 g/mol. The van der Waals surface area contributed by atoms with E-state index in [1.807, 2.05) is 30.3 Å². The molecule has 0 radical (unpaired) electrons. The molecule has 0 bridgehead atoms. The summed E-state index contributed by atoms with van der Waals surface area (Å²) in [7, 11) is 0. The number of aryl methyl sites for hydroxylation is 1. The maximum atomic E-state index is 11.1. The van der Waals surface area contributed by atoms with Gasteiger partial charge in [-0.3, -0.25) is 5.73 Å². The van der Waals surface area contributed by atoms with E-state index < -0.39 is 0 Å². The summed E-state index contributed by atoms with van der Waals surface area (Å²) in [5.74, 6) is 0.449. The number of amides is 1. The predicted molar refractivity (Wildman–Crippen MR) is 93.1 cm³/mol. The van der Waals surface area contributed by atoms with Crippen LogP contribution in [-0.4, -0.2) is 15.9 Å². The highest BCUT2D eigenvalue weighted by Crippen LogP contribution is 2.33. The molecule has 0 aliphatic heterocycles. The maximum Gasteiger partial charge on any atom is 0.313 e. The van der Waals surface area contributed by atoms with Crippen LogP contribution in [0.2, 0.25) is 0 Å². The number of fused-ring (bicyclic) bond motifs is 1. The monoisotopic (exact) mass is 335 g/mol. The number of hydrogen-bond acceptors (Lipinski definition) is 5. The molecule has 126 valence electrons. The molecule has 1 aromatic carbocycles. The fourth-order valence-corrected chi connectivity index (χ4v) is 3.20. The van der Waals surface area contributed by atoms with Crippen LogP contribution in [0.4, 0.5) is 11.4 Å². The lowest BCUT2D eigenvalue weighted by Gasteiger charge is -2.13. The van der Waals surface area contributed by atoms with Crippen LogP contribution < -0.4 is 11.1 Å². The molecule has 0 saturated heterocycles. The Morgan fingerprint density at radius 2 is 2.08 bits per heavy atom. The van der Waals surface area contributed by atoms with Gasteiger partial charge in [-0.05, 0) is 48.6 Å². The number of quaternary nitrogens is 1. The first-order valence-electron chi connectivity index (χ1n) is 8.32. The van der Waals surface area contributed by atoms with Crippen LogP contribution in [0.3, 0.4) is 0 Å². The van der Waals surface area contributed by atoms with Crippen LogP contribution in [0.25, 0.3) is 11.6 Å². The number of hydrogen-bond donors (Lipinski definition) is 2. The van der Waals surface area contributed by atoms with E-state index >= 15 is 0 Å². The topological polar surface area (TPSA) is 95.7 Å². The number of carbonyl (C=O) groups excluding carboxylic acids is 1. The summed E-state index contributed by atoms with van der Waals surface area (Å²) < 4.78 is 5.40. The first kappa shape index (κ1) is 15.5. The Labute approximate surface area is 145 Å². The van der Waals surface area contributed by atoms with Gasteiger partial charge in [-0.15, -0.1) is 0 Å². The van der Waals surface area contributed by atoms with E-state index in [0.29, 0.717) is 12.3 Å². The average Bonchev–Trinajstić information content (AvgIpc) is 3.27. The molecule has 2 heterocycles. The summed E-state index contributed by atoms with van der Waals surface area (Å²) in [5, 5.41) is 3.48. The van der Waals surface area contributed by atoms with E-state index in [9.17, 15) is 4.79 Å². The van der Waals surface area contributed by atoms with E-state index in [2.05, 4.69) is 16.0 Å². The minimum absolute atomic E-state index is 0.0803. The third-order valence-electron chi connectivity index (χ3n) is 4.34. The van der Waals surface area contributed by atoms with E-state index in [4.69, 9.17) is 9.40 Å². The van der Waals surface area contributed by atoms with E-state index in [1.54, 1.807) is 12.5 Å². The second-order valence-electron chi connectivity index (χ2n) is 6.21. The Morgan fingerprint density at radius 1 is 1.24 bits per heavy atom. The molecule has 6 nitrogen and oxygen atoms in total. The van der Waals surface area contributed by atoms with Gasteiger partial charge < -0.3 is 9.73 Å². The van der Waals surface area contributed by atoms with Crippen molar-refractivity contribution in [2.75, 3.05) is 5.32 Å². The summed E-state index contributed by atoms with van der Waals surface area (Å²) in [6.07, 6.45) is 6.64. The predicted octanol–water partition coefficient (Wildman–Crippen LogP) is 2.28. The lowest BCUT2D eigenvalue weighted by Crippen LogP contribution is -2.57. The van der Waals surface area contributed by atoms with Gasteiger partial charge in [-0.2, -0.15) is 0 Å². The largest absolute Gasteiger partial charge is 0.443 e.